The van der Waals surface area contributed by atoms with Crippen LogP contribution in [0.2, 0.25) is 13.1 Å². The Morgan fingerprint density at radius 3 is 2.25 bits per heavy atom. The first-order chi connectivity index (χ1) is 11.2. The lowest BCUT2D eigenvalue weighted by atomic mass is 9.77. The van der Waals surface area contributed by atoms with E-state index in [1.807, 2.05) is 6.20 Å². The lowest BCUT2D eigenvalue weighted by molar-refractivity contribution is 0.00578. The van der Waals surface area contributed by atoms with Gasteiger partial charge in [-0.3, -0.25) is 0 Å². The lowest BCUT2D eigenvalue weighted by Crippen LogP contribution is -2.41. The Morgan fingerprint density at radius 1 is 1.08 bits per heavy atom. The van der Waals surface area contributed by atoms with Gasteiger partial charge in [0.25, 0.3) is 0 Å². The van der Waals surface area contributed by atoms with Crippen molar-refractivity contribution in [3.63, 3.8) is 0 Å². The van der Waals surface area contributed by atoms with Crippen LogP contribution in [0.1, 0.15) is 27.7 Å². The summed E-state index contributed by atoms with van der Waals surface area (Å²) in [6.07, 6.45) is 1.84. The van der Waals surface area contributed by atoms with Crippen molar-refractivity contribution in [2.45, 2.75) is 52.0 Å². The first-order valence-corrected chi connectivity index (χ1v) is 10.8. The molecule has 1 fully saturated rings. The predicted octanol–water partition coefficient (Wildman–Crippen LogP) is 2.50. The molecule has 1 aromatic carbocycles. The van der Waals surface area contributed by atoms with Crippen LogP contribution in [0, 0.1) is 0 Å². The third-order valence-corrected chi connectivity index (χ3v) is 6.64. The zero-order chi connectivity index (χ0) is 17.7. The van der Waals surface area contributed by atoms with Crippen LogP contribution in [0.4, 0.5) is 0 Å². The fourth-order valence-corrected chi connectivity index (χ4v) is 4.24. The van der Waals surface area contributed by atoms with Crippen molar-refractivity contribution >= 4 is 37.3 Å². The molecule has 0 N–H and O–H groups in total. The molecule has 2 heterocycles. The summed E-state index contributed by atoms with van der Waals surface area (Å²) in [6.45, 7) is 12.9. The summed E-state index contributed by atoms with van der Waals surface area (Å²) in [6, 6.07) is 6.34. The number of hydrogen-bond acceptors (Lipinski definition) is 4. The Labute approximate surface area is 146 Å². The number of rotatable bonds is 3. The van der Waals surface area contributed by atoms with E-state index in [9.17, 15) is 0 Å². The third-order valence-electron chi connectivity index (χ3n) is 5.14. The molecule has 0 spiro atoms. The topological polar surface area (TPSA) is 40.6 Å². The average molecular weight is 342 g/mol. The Balaban J connectivity index is 2.23. The maximum Gasteiger partial charge on any atom is 0.497 e. The number of methoxy groups -OCH3 is 1. The van der Waals surface area contributed by atoms with Gasteiger partial charge in [-0.2, -0.15) is 0 Å². The van der Waals surface area contributed by atoms with Gasteiger partial charge in [0.15, 0.2) is 0 Å². The van der Waals surface area contributed by atoms with Crippen LogP contribution in [-0.2, 0) is 9.31 Å². The number of fused-ring (bicyclic) bond motifs is 1. The van der Waals surface area contributed by atoms with Crippen LogP contribution < -0.4 is 15.4 Å². The van der Waals surface area contributed by atoms with Crippen molar-refractivity contribution in [3.05, 3.63) is 24.4 Å². The lowest BCUT2D eigenvalue weighted by Gasteiger charge is -2.32. The van der Waals surface area contributed by atoms with Gasteiger partial charge in [0.2, 0.25) is 5.88 Å². The van der Waals surface area contributed by atoms with E-state index in [4.69, 9.17) is 14.0 Å². The highest BCUT2D eigenvalue weighted by Crippen LogP contribution is 2.37. The minimum atomic E-state index is -0.664. The fraction of sp³-hybridized carbons (Fsp3) is 0.500. The fourth-order valence-electron chi connectivity index (χ4n) is 3.03. The van der Waals surface area contributed by atoms with Gasteiger partial charge in [-0.1, -0.05) is 30.4 Å². The predicted molar refractivity (Wildman–Crippen MR) is 101 cm³/mol. The van der Waals surface area contributed by atoms with Crippen molar-refractivity contribution in [2.75, 3.05) is 7.11 Å². The highest BCUT2D eigenvalue weighted by molar-refractivity contribution is 6.76. The van der Waals surface area contributed by atoms with E-state index in [1.54, 1.807) is 7.11 Å². The molecule has 1 radical (unpaired) electrons. The molecular formula is C18H25BNO3Si. The van der Waals surface area contributed by atoms with Crippen LogP contribution in [-0.4, -0.2) is 39.2 Å². The van der Waals surface area contributed by atoms with Gasteiger partial charge in [-0.15, -0.1) is 0 Å². The molecule has 1 aliphatic heterocycles. The minimum Gasteiger partial charge on any atom is -0.481 e. The molecule has 1 aliphatic rings. The summed E-state index contributed by atoms with van der Waals surface area (Å²) >= 11 is 0. The van der Waals surface area contributed by atoms with Crippen molar-refractivity contribution < 1.29 is 14.0 Å². The molecule has 127 valence electrons. The molecule has 1 aromatic heterocycles. The molecule has 0 atom stereocenters. The maximum absolute atomic E-state index is 6.27. The Hall–Kier alpha value is -1.37. The number of benzene rings is 1. The normalized spacial score (nSPS) is 19.2. The highest BCUT2D eigenvalue weighted by Gasteiger charge is 2.52. The van der Waals surface area contributed by atoms with Gasteiger partial charge in [0.1, 0.15) is 0 Å². The van der Waals surface area contributed by atoms with Crippen LogP contribution in [0.5, 0.6) is 5.88 Å². The van der Waals surface area contributed by atoms with Crippen LogP contribution >= 0.6 is 0 Å². The molecule has 0 aliphatic carbocycles. The Kier molecular flexibility index (Phi) is 4.26. The number of aromatic nitrogens is 1. The number of pyridine rings is 1. The van der Waals surface area contributed by atoms with Crippen molar-refractivity contribution in [3.8, 4) is 5.88 Å². The molecule has 2 aromatic rings. The summed E-state index contributed by atoms with van der Waals surface area (Å²) < 4.78 is 18.0. The summed E-state index contributed by atoms with van der Waals surface area (Å²) in [7, 11) is 0.577. The summed E-state index contributed by atoms with van der Waals surface area (Å²) in [4.78, 5) is 4.49. The smallest absolute Gasteiger partial charge is 0.481 e. The van der Waals surface area contributed by atoms with Crippen LogP contribution in [0.3, 0.4) is 0 Å². The number of ether oxygens (including phenoxy) is 1. The van der Waals surface area contributed by atoms with Gasteiger partial charge >= 0.3 is 7.12 Å². The second-order valence-corrected chi connectivity index (χ2v) is 10.1. The van der Waals surface area contributed by atoms with E-state index in [1.165, 1.54) is 10.6 Å². The van der Waals surface area contributed by atoms with Crippen molar-refractivity contribution in [2.24, 2.45) is 0 Å². The van der Waals surface area contributed by atoms with E-state index in [0.29, 0.717) is 5.88 Å². The summed E-state index contributed by atoms with van der Waals surface area (Å²) in [5.74, 6) is 0.648. The van der Waals surface area contributed by atoms with E-state index in [2.05, 4.69) is 64.0 Å². The minimum absolute atomic E-state index is 0.370. The number of nitrogens with zero attached hydrogens (tertiary/aromatic N) is 1. The molecule has 1 saturated heterocycles. The van der Waals surface area contributed by atoms with Crippen molar-refractivity contribution in [1.29, 1.82) is 0 Å². The van der Waals surface area contributed by atoms with Gasteiger partial charge in [0, 0.05) is 17.0 Å². The standard InChI is InChI=1S/C18H25BNO3Si/c1-17(2)18(3,4)23-19(22-17)13-11-20-16(21-5)12-9-8-10-14(15(12)13)24(6)7/h8-11H,1-7H3. The molecule has 0 bridgehead atoms. The third kappa shape index (κ3) is 2.66. The molecule has 3 rings (SSSR count). The average Bonchev–Trinajstić information content (AvgIpc) is 2.73. The van der Waals surface area contributed by atoms with E-state index >= 15 is 0 Å². The van der Waals surface area contributed by atoms with Gasteiger partial charge in [0.05, 0.1) is 27.1 Å². The Bertz CT molecular complexity index is 760. The largest absolute Gasteiger partial charge is 0.497 e. The van der Waals surface area contributed by atoms with E-state index in [0.717, 1.165) is 10.8 Å². The van der Waals surface area contributed by atoms with Gasteiger partial charge in [-0.05, 0) is 39.1 Å². The second-order valence-electron chi connectivity index (χ2n) is 7.54. The maximum atomic E-state index is 6.27. The zero-order valence-electron chi connectivity index (χ0n) is 15.6. The molecule has 6 heteroatoms. The Morgan fingerprint density at radius 2 is 1.71 bits per heavy atom. The van der Waals surface area contributed by atoms with Crippen molar-refractivity contribution in [1.82, 2.24) is 4.98 Å². The molecule has 0 amide bonds. The number of hydrogen-bond donors (Lipinski definition) is 0. The van der Waals surface area contributed by atoms with Crippen LogP contribution in [0.25, 0.3) is 10.8 Å². The van der Waals surface area contributed by atoms with Gasteiger partial charge < -0.3 is 14.0 Å². The molecule has 0 saturated carbocycles. The molecule has 0 unspecified atom stereocenters. The summed E-state index contributed by atoms with van der Waals surface area (Å²) in [5, 5.41) is 3.54. The molecular weight excluding hydrogens is 317 g/mol. The van der Waals surface area contributed by atoms with E-state index < -0.39 is 15.9 Å². The second kappa shape index (κ2) is 5.86. The summed E-state index contributed by atoms with van der Waals surface area (Å²) in [5.41, 5.74) is 0.252. The highest BCUT2D eigenvalue weighted by atomic mass is 28.3. The van der Waals surface area contributed by atoms with Crippen LogP contribution in [0.15, 0.2) is 24.4 Å². The SMILES string of the molecule is COc1ncc(B2OC(C)(C)C(C)(C)O2)c2c([Si](C)C)cccc12. The molecule has 4 nitrogen and oxygen atoms in total. The molecule has 24 heavy (non-hydrogen) atoms. The zero-order valence-corrected chi connectivity index (χ0v) is 16.6. The van der Waals surface area contributed by atoms with E-state index in [-0.39, 0.29) is 11.2 Å². The first kappa shape index (κ1) is 17.5. The monoisotopic (exact) mass is 342 g/mol. The first-order valence-electron chi connectivity index (χ1n) is 8.30. The van der Waals surface area contributed by atoms with Gasteiger partial charge in [-0.25, -0.2) is 4.98 Å². The quantitative estimate of drug-likeness (QED) is 0.804.